The maximum Gasteiger partial charge on any atom is 0.306 e. The molecule has 13 heavy (non-hydrogen) atoms. The maximum absolute atomic E-state index is 11.2. The molecule has 0 unspecified atom stereocenters. The van der Waals surface area contributed by atoms with Crippen LogP contribution in [0.2, 0.25) is 0 Å². The van der Waals surface area contributed by atoms with Crippen LogP contribution in [0.5, 0.6) is 0 Å². The van der Waals surface area contributed by atoms with Crippen LogP contribution in [-0.4, -0.2) is 11.6 Å². The molecule has 0 N–H and O–H groups in total. The highest BCUT2D eigenvalue weighted by Crippen LogP contribution is 2.13. The van der Waals surface area contributed by atoms with Crippen LogP contribution in [0.4, 0.5) is 0 Å². The Morgan fingerprint density at radius 1 is 1.54 bits per heavy atom. The molecular formula is C10H17NO2. The summed E-state index contributed by atoms with van der Waals surface area (Å²) in [5.41, 5.74) is -0.427. The molecule has 0 saturated carbocycles. The van der Waals surface area contributed by atoms with Gasteiger partial charge in [0.15, 0.2) is 0 Å². The van der Waals surface area contributed by atoms with Crippen molar-refractivity contribution in [2.45, 2.75) is 46.1 Å². The highest BCUT2D eigenvalue weighted by molar-refractivity contribution is 5.70. The summed E-state index contributed by atoms with van der Waals surface area (Å²) in [6, 6.07) is 2.03. The first-order chi connectivity index (χ1) is 5.85. The van der Waals surface area contributed by atoms with Crippen molar-refractivity contribution in [3.8, 4) is 6.07 Å². The van der Waals surface area contributed by atoms with E-state index in [4.69, 9.17) is 10.00 Å². The predicted molar refractivity (Wildman–Crippen MR) is 49.9 cm³/mol. The van der Waals surface area contributed by atoms with Crippen molar-refractivity contribution in [2.75, 3.05) is 0 Å². The largest absolute Gasteiger partial charge is 0.460 e. The van der Waals surface area contributed by atoms with Crippen molar-refractivity contribution in [1.29, 1.82) is 5.26 Å². The Bertz CT molecular complexity index is 210. The first kappa shape index (κ1) is 12.0. The second-order valence-corrected chi connectivity index (χ2v) is 4.26. The molecule has 0 aromatic heterocycles. The number of nitrogens with zero attached hydrogens (tertiary/aromatic N) is 1. The van der Waals surface area contributed by atoms with Gasteiger partial charge in [-0.3, -0.25) is 4.79 Å². The van der Waals surface area contributed by atoms with Gasteiger partial charge in [0.2, 0.25) is 0 Å². The quantitative estimate of drug-likeness (QED) is 0.630. The van der Waals surface area contributed by atoms with Crippen LogP contribution in [0.15, 0.2) is 0 Å². The molecule has 0 aliphatic heterocycles. The summed E-state index contributed by atoms with van der Waals surface area (Å²) in [6.45, 7) is 7.37. The summed E-state index contributed by atoms with van der Waals surface area (Å²) in [5, 5.41) is 8.38. The fraction of sp³-hybridized carbons (Fsp3) is 0.800. The number of hydrogen-bond acceptors (Lipinski definition) is 3. The minimum absolute atomic E-state index is 0.0832. The van der Waals surface area contributed by atoms with Crippen LogP contribution < -0.4 is 0 Å². The van der Waals surface area contributed by atoms with Crippen molar-refractivity contribution < 1.29 is 9.53 Å². The lowest BCUT2D eigenvalue weighted by atomic mass is 10.1. The van der Waals surface area contributed by atoms with E-state index in [-0.39, 0.29) is 11.9 Å². The average molecular weight is 183 g/mol. The average Bonchev–Trinajstić information content (AvgIpc) is 1.81. The molecule has 0 aliphatic rings. The van der Waals surface area contributed by atoms with Gasteiger partial charge in [-0.2, -0.15) is 5.26 Å². The molecular weight excluding hydrogens is 166 g/mol. The van der Waals surface area contributed by atoms with Gasteiger partial charge in [-0.1, -0.05) is 6.92 Å². The van der Waals surface area contributed by atoms with E-state index >= 15 is 0 Å². The zero-order valence-electron chi connectivity index (χ0n) is 8.76. The van der Waals surface area contributed by atoms with Gasteiger partial charge < -0.3 is 4.74 Å². The van der Waals surface area contributed by atoms with E-state index in [0.717, 1.165) is 0 Å². The van der Waals surface area contributed by atoms with Crippen LogP contribution in [-0.2, 0) is 9.53 Å². The normalized spacial score (nSPS) is 13.2. The Kier molecular flexibility index (Phi) is 4.47. The van der Waals surface area contributed by atoms with E-state index in [1.807, 2.05) is 33.8 Å². The highest BCUT2D eigenvalue weighted by Gasteiger charge is 2.17. The minimum Gasteiger partial charge on any atom is -0.460 e. The zero-order chi connectivity index (χ0) is 10.5. The van der Waals surface area contributed by atoms with E-state index in [1.165, 1.54) is 0 Å². The molecule has 0 amide bonds. The lowest BCUT2D eigenvalue weighted by Gasteiger charge is -2.20. The summed E-state index contributed by atoms with van der Waals surface area (Å²) in [4.78, 5) is 11.2. The second-order valence-electron chi connectivity index (χ2n) is 4.26. The standard InChI is InChI=1S/C10H17NO2/c1-8(5-6-11)7-9(12)13-10(2,3)4/h8H,5,7H2,1-4H3/t8-/m1/s1. The zero-order valence-corrected chi connectivity index (χ0v) is 8.76. The van der Waals surface area contributed by atoms with Crippen LogP contribution in [0.25, 0.3) is 0 Å². The van der Waals surface area contributed by atoms with Crippen LogP contribution in [0.3, 0.4) is 0 Å². The molecule has 0 aromatic carbocycles. The third-order valence-corrected chi connectivity index (χ3v) is 1.37. The maximum atomic E-state index is 11.2. The number of carbonyl (C=O) groups excluding carboxylic acids is 1. The molecule has 0 aromatic rings. The van der Waals surface area contributed by atoms with Gasteiger partial charge in [-0.25, -0.2) is 0 Å². The van der Waals surface area contributed by atoms with Crippen molar-refractivity contribution in [3.63, 3.8) is 0 Å². The summed E-state index contributed by atoms with van der Waals surface area (Å²) < 4.78 is 5.11. The molecule has 0 radical (unpaired) electrons. The van der Waals surface area contributed by atoms with E-state index in [2.05, 4.69) is 0 Å². The smallest absolute Gasteiger partial charge is 0.306 e. The van der Waals surface area contributed by atoms with Crippen molar-refractivity contribution in [3.05, 3.63) is 0 Å². The molecule has 0 bridgehead atoms. The van der Waals surface area contributed by atoms with Gasteiger partial charge in [0.25, 0.3) is 0 Å². The summed E-state index contributed by atoms with van der Waals surface area (Å²) in [7, 11) is 0. The Morgan fingerprint density at radius 3 is 2.46 bits per heavy atom. The molecule has 3 heteroatoms. The molecule has 0 fully saturated rings. The molecule has 0 saturated heterocycles. The SMILES string of the molecule is C[C@H](CC#N)CC(=O)OC(C)(C)C. The topological polar surface area (TPSA) is 50.1 Å². The van der Waals surface area contributed by atoms with Gasteiger partial charge >= 0.3 is 5.97 Å². The predicted octanol–water partition coefficient (Wildman–Crippen LogP) is 2.27. The molecule has 74 valence electrons. The van der Waals surface area contributed by atoms with E-state index < -0.39 is 5.60 Å². The van der Waals surface area contributed by atoms with Gasteiger partial charge in [0.1, 0.15) is 5.60 Å². The first-order valence-corrected chi connectivity index (χ1v) is 4.44. The monoisotopic (exact) mass is 183 g/mol. The number of carbonyl (C=O) groups is 1. The van der Waals surface area contributed by atoms with Crippen molar-refractivity contribution in [2.24, 2.45) is 5.92 Å². The Morgan fingerprint density at radius 2 is 2.08 bits per heavy atom. The fourth-order valence-electron chi connectivity index (χ4n) is 0.896. The van der Waals surface area contributed by atoms with E-state index in [1.54, 1.807) is 0 Å². The van der Waals surface area contributed by atoms with Crippen LogP contribution in [0.1, 0.15) is 40.5 Å². The lowest BCUT2D eigenvalue weighted by molar-refractivity contribution is -0.155. The fourth-order valence-corrected chi connectivity index (χ4v) is 0.896. The molecule has 3 nitrogen and oxygen atoms in total. The summed E-state index contributed by atoms with van der Waals surface area (Å²) in [5.74, 6) is -0.143. The van der Waals surface area contributed by atoms with Crippen molar-refractivity contribution in [1.82, 2.24) is 0 Å². The van der Waals surface area contributed by atoms with Crippen LogP contribution >= 0.6 is 0 Å². The second kappa shape index (κ2) is 4.86. The van der Waals surface area contributed by atoms with Crippen molar-refractivity contribution >= 4 is 5.97 Å². The lowest BCUT2D eigenvalue weighted by Crippen LogP contribution is -2.24. The minimum atomic E-state index is -0.427. The van der Waals surface area contributed by atoms with Gasteiger partial charge in [-0.05, 0) is 26.7 Å². The van der Waals surface area contributed by atoms with E-state index in [0.29, 0.717) is 12.8 Å². The van der Waals surface area contributed by atoms with Gasteiger partial charge in [-0.15, -0.1) is 0 Å². The first-order valence-electron chi connectivity index (χ1n) is 4.44. The highest BCUT2D eigenvalue weighted by atomic mass is 16.6. The molecule has 0 heterocycles. The van der Waals surface area contributed by atoms with Gasteiger partial charge in [0, 0.05) is 12.8 Å². The Hall–Kier alpha value is -1.04. The molecule has 0 aliphatic carbocycles. The number of hydrogen-bond donors (Lipinski definition) is 0. The third kappa shape index (κ3) is 7.32. The summed E-state index contributed by atoms with van der Waals surface area (Å²) in [6.07, 6.45) is 0.726. The third-order valence-electron chi connectivity index (χ3n) is 1.37. The van der Waals surface area contributed by atoms with Crippen LogP contribution in [0, 0.1) is 17.2 Å². The molecule has 1 atom stereocenters. The molecule has 0 rings (SSSR count). The number of nitriles is 1. The Balaban J connectivity index is 3.83. The summed E-state index contributed by atoms with van der Waals surface area (Å²) >= 11 is 0. The Labute approximate surface area is 79.7 Å². The molecule has 0 spiro atoms. The number of ether oxygens (including phenoxy) is 1. The number of esters is 1. The van der Waals surface area contributed by atoms with E-state index in [9.17, 15) is 4.79 Å². The number of rotatable bonds is 3. The van der Waals surface area contributed by atoms with Gasteiger partial charge in [0.05, 0.1) is 6.07 Å².